The molecule has 0 atom stereocenters. The van der Waals surface area contributed by atoms with E-state index in [0.717, 1.165) is 60.9 Å². The van der Waals surface area contributed by atoms with E-state index in [9.17, 15) is 0 Å². The van der Waals surface area contributed by atoms with Crippen LogP contribution < -0.4 is 0 Å². The fourth-order valence-corrected chi connectivity index (χ4v) is 6.53. The Morgan fingerprint density at radius 3 is 1.55 bits per heavy atom. The minimum absolute atomic E-state index is 0.568. The predicted octanol–water partition coefficient (Wildman–Crippen LogP) is 12.6. The molecule has 8 aromatic rings. The third-order valence-electron chi connectivity index (χ3n) is 8.75. The second-order valence-corrected chi connectivity index (χ2v) is 11.6. The van der Waals surface area contributed by atoms with Crippen molar-refractivity contribution in [3.8, 4) is 50.2 Å². The molecule has 218 valence electrons. The smallest absolute Gasteiger partial charge is 0.189 e. The zero-order valence-electron chi connectivity index (χ0n) is 25.4. The third kappa shape index (κ3) is 5.13. The summed E-state index contributed by atoms with van der Waals surface area (Å²) in [6, 6.07) is 56.5. The van der Waals surface area contributed by atoms with Crippen LogP contribution in [0.3, 0.4) is 0 Å². The van der Waals surface area contributed by atoms with Crippen LogP contribution in [0.4, 0.5) is 11.4 Å². The van der Waals surface area contributed by atoms with E-state index in [0.29, 0.717) is 11.4 Å². The standard InChI is InChI=1S/C44H27N3/c1-45-38-20-21-44-42(29-38)41-18-9-10-19-43(41)47(44)40-27-37(26-39(28-40)46-2)36-24-34(31-14-7-4-8-15-31)23-35(25-36)33-17-11-16-32(22-33)30-12-5-3-6-13-30/h3-29H. The topological polar surface area (TPSA) is 13.6 Å². The highest BCUT2D eigenvalue weighted by Gasteiger charge is 2.15. The summed E-state index contributed by atoms with van der Waals surface area (Å²) >= 11 is 0. The van der Waals surface area contributed by atoms with Gasteiger partial charge in [-0.1, -0.05) is 103 Å². The van der Waals surface area contributed by atoms with E-state index in [-0.39, 0.29) is 0 Å². The first-order valence-corrected chi connectivity index (χ1v) is 15.5. The molecule has 0 spiro atoms. The van der Waals surface area contributed by atoms with E-state index in [1.165, 1.54) is 11.1 Å². The van der Waals surface area contributed by atoms with Crippen molar-refractivity contribution in [1.29, 1.82) is 0 Å². The van der Waals surface area contributed by atoms with Crippen LogP contribution >= 0.6 is 0 Å². The van der Waals surface area contributed by atoms with Crippen LogP contribution in [0.25, 0.3) is 81.7 Å². The summed E-state index contributed by atoms with van der Waals surface area (Å²) in [6.07, 6.45) is 0. The summed E-state index contributed by atoms with van der Waals surface area (Å²) in [6.45, 7) is 15.6. The maximum atomic E-state index is 8.05. The first-order chi connectivity index (χ1) is 23.2. The Bertz CT molecular complexity index is 2530. The monoisotopic (exact) mass is 597 g/mol. The van der Waals surface area contributed by atoms with E-state index in [2.05, 4.69) is 123 Å². The number of aromatic nitrogens is 1. The Labute approximate surface area is 273 Å². The van der Waals surface area contributed by atoms with Crippen LogP contribution in [-0.4, -0.2) is 4.57 Å². The Balaban J connectivity index is 1.35. The fourth-order valence-electron chi connectivity index (χ4n) is 6.53. The first-order valence-electron chi connectivity index (χ1n) is 15.5. The van der Waals surface area contributed by atoms with Gasteiger partial charge >= 0.3 is 0 Å². The lowest BCUT2D eigenvalue weighted by molar-refractivity contribution is 1.18. The van der Waals surface area contributed by atoms with Crippen molar-refractivity contribution in [3.63, 3.8) is 0 Å². The fraction of sp³-hybridized carbons (Fsp3) is 0. The number of hydrogen-bond acceptors (Lipinski definition) is 0. The zero-order valence-corrected chi connectivity index (χ0v) is 25.4. The molecule has 0 N–H and O–H groups in total. The van der Waals surface area contributed by atoms with Crippen LogP contribution in [0, 0.1) is 13.1 Å². The lowest BCUT2D eigenvalue weighted by Gasteiger charge is -2.15. The quantitative estimate of drug-likeness (QED) is 0.175. The maximum absolute atomic E-state index is 8.05. The van der Waals surface area contributed by atoms with E-state index < -0.39 is 0 Å². The summed E-state index contributed by atoms with van der Waals surface area (Å²) in [5.74, 6) is 0. The lowest BCUT2D eigenvalue weighted by atomic mass is 9.92. The van der Waals surface area contributed by atoms with Crippen molar-refractivity contribution in [3.05, 3.63) is 187 Å². The van der Waals surface area contributed by atoms with Gasteiger partial charge in [0.05, 0.1) is 24.2 Å². The molecule has 3 heteroatoms. The number of hydrogen-bond donors (Lipinski definition) is 0. The second-order valence-electron chi connectivity index (χ2n) is 11.6. The van der Waals surface area contributed by atoms with Crippen LogP contribution in [0.1, 0.15) is 0 Å². The van der Waals surface area contributed by atoms with Gasteiger partial charge in [-0.3, -0.25) is 0 Å². The summed E-state index contributed by atoms with van der Waals surface area (Å²) in [5, 5.41) is 2.10. The van der Waals surface area contributed by atoms with Crippen molar-refractivity contribution in [2.45, 2.75) is 0 Å². The molecule has 0 aliphatic heterocycles. The average molecular weight is 598 g/mol. The molecular formula is C44H27N3. The maximum Gasteiger partial charge on any atom is 0.189 e. The molecule has 1 aromatic heterocycles. The third-order valence-corrected chi connectivity index (χ3v) is 8.75. The van der Waals surface area contributed by atoms with Crippen LogP contribution in [0.5, 0.6) is 0 Å². The lowest BCUT2D eigenvalue weighted by Crippen LogP contribution is -1.95. The Morgan fingerprint density at radius 2 is 0.851 bits per heavy atom. The van der Waals surface area contributed by atoms with E-state index in [4.69, 9.17) is 13.1 Å². The highest BCUT2D eigenvalue weighted by atomic mass is 15.0. The van der Waals surface area contributed by atoms with Gasteiger partial charge in [0.1, 0.15) is 0 Å². The number of fused-ring (bicyclic) bond motifs is 3. The van der Waals surface area contributed by atoms with Gasteiger partial charge in [-0.15, -0.1) is 0 Å². The molecule has 1 heterocycles. The number of rotatable bonds is 5. The molecule has 0 amide bonds. The molecule has 0 saturated carbocycles. The first kappa shape index (κ1) is 27.8. The van der Waals surface area contributed by atoms with Gasteiger partial charge in [0.2, 0.25) is 0 Å². The summed E-state index contributed by atoms with van der Waals surface area (Å²) in [4.78, 5) is 7.60. The Morgan fingerprint density at radius 1 is 0.340 bits per heavy atom. The summed E-state index contributed by atoms with van der Waals surface area (Å²) in [7, 11) is 0. The SMILES string of the molecule is [C-]#[N+]c1cc(-c2cc(-c3ccccc3)cc(-c3cccc(-c4ccccc4)c3)c2)cc(-n2c3ccccc3c3cc([N+]#[C-])ccc32)c1. The molecule has 0 radical (unpaired) electrons. The Kier molecular flexibility index (Phi) is 6.92. The molecule has 0 aliphatic rings. The van der Waals surface area contributed by atoms with Gasteiger partial charge in [0.15, 0.2) is 11.4 Å². The normalized spacial score (nSPS) is 10.9. The van der Waals surface area contributed by atoms with Crippen molar-refractivity contribution in [2.24, 2.45) is 0 Å². The highest BCUT2D eigenvalue weighted by Crippen LogP contribution is 2.39. The number of benzene rings is 7. The van der Waals surface area contributed by atoms with Gasteiger partial charge in [0.25, 0.3) is 0 Å². The Hall–Kier alpha value is -6.68. The van der Waals surface area contributed by atoms with Crippen molar-refractivity contribution in [1.82, 2.24) is 4.57 Å². The molecular weight excluding hydrogens is 571 g/mol. The van der Waals surface area contributed by atoms with Gasteiger partial charge in [-0.05, 0) is 111 Å². The number of nitrogens with zero attached hydrogens (tertiary/aromatic N) is 3. The van der Waals surface area contributed by atoms with Crippen LogP contribution in [-0.2, 0) is 0 Å². The molecule has 0 aliphatic carbocycles. The van der Waals surface area contributed by atoms with E-state index >= 15 is 0 Å². The van der Waals surface area contributed by atoms with Crippen molar-refractivity contribution < 1.29 is 0 Å². The summed E-state index contributed by atoms with van der Waals surface area (Å²) < 4.78 is 2.21. The van der Waals surface area contributed by atoms with Crippen molar-refractivity contribution >= 4 is 33.2 Å². The molecule has 0 saturated heterocycles. The van der Waals surface area contributed by atoms with E-state index in [1.54, 1.807) is 0 Å². The van der Waals surface area contributed by atoms with Gasteiger partial charge in [-0.2, -0.15) is 0 Å². The van der Waals surface area contributed by atoms with Gasteiger partial charge < -0.3 is 4.57 Å². The molecule has 3 nitrogen and oxygen atoms in total. The number of para-hydroxylation sites is 1. The van der Waals surface area contributed by atoms with Crippen LogP contribution in [0.15, 0.2) is 164 Å². The predicted molar refractivity (Wildman–Crippen MR) is 195 cm³/mol. The molecule has 7 aromatic carbocycles. The van der Waals surface area contributed by atoms with Crippen molar-refractivity contribution in [2.75, 3.05) is 0 Å². The minimum Gasteiger partial charge on any atom is -0.311 e. The zero-order chi connectivity index (χ0) is 31.7. The molecule has 47 heavy (non-hydrogen) atoms. The molecule has 0 bridgehead atoms. The van der Waals surface area contributed by atoms with E-state index in [1.807, 2.05) is 54.6 Å². The van der Waals surface area contributed by atoms with Gasteiger partial charge in [0, 0.05) is 11.1 Å². The second kappa shape index (κ2) is 11.7. The minimum atomic E-state index is 0.568. The van der Waals surface area contributed by atoms with Gasteiger partial charge in [-0.25, -0.2) is 9.69 Å². The highest BCUT2D eigenvalue weighted by molar-refractivity contribution is 6.10. The average Bonchev–Trinajstić information content (AvgIpc) is 3.49. The molecule has 0 fully saturated rings. The van der Waals surface area contributed by atoms with Crippen LogP contribution in [0.2, 0.25) is 0 Å². The molecule has 0 unspecified atom stereocenters. The largest absolute Gasteiger partial charge is 0.311 e. The molecule has 8 rings (SSSR count). The summed E-state index contributed by atoms with van der Waals surface area (Å²) in [5.41, 5.74) is 13.0.